The van der Waals surface area contributed by atoms with E-state index >= 15 is 0 Å². The first kappa shape index (κ1) is 27.0. The molecule has 3 rings (SSSR count). The number of aromatic nitrogens is 2. The second kappa shape index (κ2) is 11.0. The highest BCUT2D eigenvalue weighted by Crippen LogP contribution is 2.38. The summed E-state index contributed by atoms with van der Waals surface area (Å²) in [5.74, 6) is 1.10. The minimum Gasteiger partial charge on any atom is -0.491 e. The molecule has 0 aliphatic rings. The average molecular weight is 530 g/mol. The quantitative estimate of drug-likeness (QED) is 0.386. The maximum atomic E-state index is 11.3. The zero-order valence-corrected chi connectivity index (χ0v) is 22.1. The molecule has 0 aliphatic heterocycles. The molecule has 0 unspecified atom stereocenters. The van der Waals surface area contributed by atoms with Crippen molar-refractivity contribution in [3.63, 3.8) is 0 Å². The van der Waals surface area contributed by atoms with E-state index in [1.165, 1.54) is 6.20 Å². The van der Waals surface area contributed by atoms with Gasteiger partial charge in [0.25, 0.3) is 0 Å². The highest BCUT2D eigenvalue weighted by molar-refractivity contribution is 7.92. The highest BCUT2D eigenvalue weighted by atomic mass is 35.5. The van der Waals surface area contributed by atoms with Crippen molar-refractivity contribution >= 4 is 33.3 Å². The number of anilines is 2. The lowest BCUT2D eigenvalue weighted by Gasteiger charge is -2.27. The van der Waals surface area contributed by atoms with Crippen LogP contribution in [0.3, 0.4) is 0 Å². The van der Waals surface area contributed by atoms with Crippen LogP contribution in [0.4, 0.5) is 11.6 Å². The molecular formula is C25H28ClN5O4S. The van der Waals surface area contributed by atoms with E-state index in [0.29, 0.717) is 34.4 Å². The summed E-state index contributed by atoms with van der Waals surface area (Å²) in [6, 6.07) is 13.4. The number of nitrogen functional groups attached to an aromatic ring is 1. The monoisotopic (exact) mass is 529 g/mol. The molecule has 3 aromatic rings. The van der Waals surface area contributed by atoms with Crippen LogP contribution in [-0.2, 0) is 22.0 Å². The first-order valence-corrected chi connectivity index (χ1v) is 13.4. The molecule has 0 aliphatic carbocycles. The van der Waals surface area contributed by atoms with Crippen LogP contribution in [0.5, 0.6) is 11.5 Å². The summed E-state index contributed by atoms with van der Waals surface area (Å²) in [7, 11) is -3.48. The molecule has 0 bridgehead atoms. The van der Waals surface area contributed by atoms with Crippen molar-refractivity contribution < 1.29 is 17.9 Å². The van der Waals surface area contributed by atoms with Gasteiger partial charge in [-0.05, 0) is 41.8 Å². The van der Waals surface area contributed by atoms with E-state index in [-0.39, 0.29) is 18.2 Å². The van der Waals surface area contributed by atoms with E-state index in [1.54, 1.807) is 0 Å². The van der Waals surface area contributed by atoms with Crippen LogP contribution in [0.1, 0.15) is 49.6 Å². The van der Waals surface area contributed by atoms with Gasteiger partial charge in [-0.15, -0.1) is 0 Å². The molecule has 1 aromatic heterocycles. The van der Waals surface area contributed by atoms with Crippen LogP contribution in [0, 0.1) is 11.3 Å². The first-order valence-electron chi connectivity index (χ1n) is 11.1. The zero-order chi connectivity index (χ0) is 26.5. The number of rotatable bonds is 10. The van der Waals surface area contributed by atoms with Gasteiger partial charge >= 0.3 is 0 Å². The van der Waals surface area contributed by atoms with E-state index in [2.05, 4.69) is 20.8 Å². The maximum absolute atomic E-state index is 11.3. The number of hydrogen-bond acceptors (Lipinski definition) is 8. The molecule has 190 valence electrons. The van der Waals surface area contributed by atoms with Crippen LogP contribution in [-0.4, -0.2) is 31.2 Å². The third-order valence-corrected chi connectivity index (χ3v) is 6.32. The van der Waals surface area contributed by atoms with Crippen molar-refractivity contribution in [2.24, 2.45) is 0 Å². The van der Waals surface area contributed by atoms with Crippen molar-refractivity contribution in [3.05, 3.63) is 70.0 Å². The SMILES string of the molecule is CCCOc1c(Cl)cc(C(C)(C)c2ccc(OCc3ncc(NS(C)(=O)=O)nc3N)cc2)cc1C#N. The summed E-state index contributed by atoms with van der Waals surface area (Å²) in [5, 5.41) is 10.0. The Morgan fingerprint density at radius 3 is 2.44 bits per heavy atom. The second-order valence-electron chi connectivity index (χ2n) is 8.69. The standard InChI is InChI=1S/C25H28ClN5O4S/c1-5-10-34-23-16(13-27)11-18(12-20(23)26)25(2,3)17-6-8-19(9-7-17)35-15-21-24(28)30-22(14-29-21)31-36(4,32)33/h6-9,11-12,14H,5,10,15H2,1-4H3,(H3,28,30,31). The van der Waals surface area contributed by atoms with Crippen molar-refractivity contribution in [1.82, 2.24) is 9.97 Å². The lowest BCUT2D eigenvalue weighted by Crippen LogP contribution is -2.19. The molecule has 1 heterocycles. The van der Waals surface area contributed by atoms with Gasteiger partial charge in [0.2, 0.25) is 10.0 Å². The Bertz CT molecular complexity index is 1390. The summed E-state index contributed by atoms with van der Waals surface area (Å²) in [6.07, 6.45) is 3.11. The molecule has 0 saturated heterocycles. The molecule has 0 fully saturated rings. The van der Waals surface area contributed by atoms with Gasteiger partial charge < -0.3 is 15.2 Å². The molecule has 36 heavy (non-hydrogen) atoms. The maximum Gasteiger partial charge on any atom is 0.231 e. The van der Waals surface area contributed by atoms with Crippen LogP contribution in [0.2, 0.25) is 5.02 Å². The molecule has 0 atom stereocenters. The molecule has 0 radical (unpaired) electrons. The summed E-state index contributed by atoms with van der Waals surface area (Å²) in [4.78, 5) is 8.13. The van der Waals surface area contributed by atoms with E-state index in [0.717, 1.165) is 23.8 Å². The molecule has 0 amide bonds. The van der Waals surface area contributed by atoms with Crippen LogP contribution in [0.15, 0.2) is 42.6 Å². The Morgan fingerprint density at radius 2 is 1.86 bits per heavy atom. The third kappa shape index (κ3) is 6.56. The fraction of sp³-hybridized carbons (Fsp3) is 0.320. The van der Waals surface area contributed by atoms with E-state index < -0.39 is 15.4 Å². The Labute approximate surface area is 216 Å². The Balaban J connectivity index is 1.75. The van der Waals surface area contributed by atoms with Gasteiger partial charge in [-0.25, -0.2) is 18.4 Å². The van der Waals surface area contributed by atoms with Gasteiger partial charge in [0.05, 0.1) is 29.6 Å². The molecular weight excluding hydrogens is 502 g/mol. The number of nitrogens with zero attached hydrogens (tertiary/aromatic N) is 3. The molecule has 11 heteroatoms. The van der Waals surface area contributed by atoms with Crippen LogP contribution in [0.25, 0.3) is 0 Å². The number of hydrogen-bond donors (Lipinski definition) is 2. The van der Waals surface area contributed by atoms with Crippen LogP contribution >= 0.6 is 11.6 Å². The lowest BCUT2D eigenvalue weighted by molar-refractivity contribution is 0.301. The molecule has 3 N–H and O–H groups in total. The molecule has 2 aromatic carbocycles. The number of nitrogens with two attached hydrogens (primary N) is 1. The van der Waals surface area contributed by atoms with Gasteiger partial charge in [0.1, 0.15) is 24.1 Å². The molecule has 9 nitrogen and oxygen atoms in total. The normalized spacial score (nSPS) is 11.6. The van der Waals surface area contributed by atoms with Gasteiger partial charge in [0, 0.05) is 5.41 Å². The first-order chi connectivity index (χ1) is 16.9. The van der Waals surface area contributed by atoms with Crippen molar-refractivity contribution in [1.29, 1.82) is 5.26 Å². The second-order valence-corrected chi connectivity index (χ2v) is 10.9. The van der Waals surface area contributed by atoms with Crippen LogP contribution < -0.4 is 19.9 Å². The minimum atomic E-state index is -3.48. The number of nitrogens with one attached hydrogen (secondary N) is 1. The molecule has 0 spiro atoms. The highest BCUT2D eigenvalue weighted by Gasteiger charge is 2.26. The lowest BCUT2D eigenvalue weighted by atomic mass is 9.77. The Hall–Kier alpha value is -3.55. The van der Waals surface area contributed by atoms with E-state index in [9.17, 15) is 13.7 Å². The summed E-state index contributed by atoms with van der Waals surface area (Å²) >= 11 is 6.47. The number of benzene rings is 2. The van der Waals surface area contributed by atoms with Crippen molar-refractivity contribution in [2.45, 2.75) is 39.2 Å². The zero-order valence-electron chi connectivity index (χ0n) is 20.5. The smallest absolute Gasteiger partial charge is 0.231 e. The Morgan fingerprint density at radius 1 is 1.17 bits per heavy atom. The van der Waals surface area contributed by atoms with Gasteiger partial charge in [-0.2, -0.15) is 5.26 Å². The van der Waals surface area contributed by atoms with Gasteiger partial charge in [-0.1, -0.05) is 44.5 Å². The number of halogens is 1. The van der Waals surface area contributed by atoms with Gasteiger partial charge in [-0.3, -0.25) is 4.72 Å². The predicted octanol–water partition coefficient (Wildman–Crippen LogP) is 4.65. The number of nitriles is 1. The summed E-state index contributed by atoms with van der Waals surface area (Å²) in [5.41, 5.74) is 8.09. The third-order valence-electron chi connectivity index (χ3n) is 5.46. The fourth-order valence-electron chi connectivity index (χ4n) is 3.45. The largest absolute Gasteiger partial charge is 0.491 e. The minimum absolute atomic E-state index is 0.0370. The van der Waals surface area contributed by atoms with E-state index in [4.69, 9.17) is 26.8 Å². The number of ether oxygens (including phenoxy) is 2. The molecule has 0 saturated carbocycles. The average Bonchev–Trinajstić information content (AvgIpc) is 2.81. The number of sulfonamides is 1. The van der Waals surface area contributed by atoms with E-state index in [1.807, 2.05) is 57.2 Å². The van der Waals surface area contributed by atoms with Crippen molar-refractivity contribution in [3.8, 4) is 17.6 Å². The fourth-order valence-corrected chi connectivity index (χ4v) is 4.21. The topological polar surface area (TPSA) is 140 Å². The van der Waals surface area contributed by atoms with Gasteiger partial charge in [0.15, 0.2) is 17.4 Å². The summed E-state index contributed by atoms with van der Waals surface area (Å²) < 4.78 is 36.3. The van der Waals surface area contributed by atoms with Crippen molar-refractivity contribution in [2.75, 3.05) is 23.3 Å². The Kier molecular flexibility index (Phi) is 8.28. The predicted molar refractivity (Wildman–Crippen MR) is 140 cm³/mol. The summed E-state index contributed by atoms with van der Waals surface area (Å²) in [6.45, 7) is 6.62.